The average molecular weight is 253 g/mol. The van der Waals surface area contributed by atoms with Crippen LogP contribution >= 0.6 is 0 Å². The Morgan fingerprint density at radius 1 is 1.56 bits per heavy atom. The van der Waals surface area contributed by atoms with E-state index >= 15 is 0 Å². The molecule has 1 aromatic carbocycles. The number of hydrogen-bond acceptors (Lipinski definition) is 3. The zero-order valence-electron chi connectivity index (χ0n) is 11.0. The number of aryl methyl sites for hydroxylation is 1. The molecule has 18 heavy (non-hydrogen) atoms. The van der Waals surface area contributed by atoms with Gasteiger partial charge in [-0.05, 0) is 44.2 Å². The van der Waals surface area contributed by atoms with Crippen LogP contribution in [-0.2, 0) is 6.54 Å². The molecule has 0 saturated carbocycles. The number of rotatable bonds is 5. The summed E-state index contributed by atoms with van der Waals surface area (Å²) in [7, 11) is 1.93. The van der Waals surface area contributed by atoms with Crippen LogP contribution in [0.3, 0.4) is 0 Å². The molecule has 5 heteroatoms. The lowest BCUT2D eigenvalue weighted by Crippen LogP contribution is -2.33. The number of halogens is 1. The van der Waals surface area contributed by atoms with Crippen LogP contribution in [0.15, 0.2) is 23.4 Å². The third kappa shape index (κ3) is 4.00. The molecule has 0 aromatic heterocycles. The van der Waals surface area contributed by atoms with Gasteiger partial charge in [0.25, 0.3) is 0 Å². The maximum absolute atomic E-state index is 13.2. The van der Waals surface area contributed by atoms with Crippen molar-refractivity contribution in [2.24, 2.45) is 10.9 Å². The zero-order chi connectivity index (χ0) is 13.7. The number of benzene rings is 1. The van der Waals surface area contributed by atoms with Crippen LogP contribution in [0.2, 0.25) is 0 Å². The molecule has 4 nitrogen and oxygen atoms in total. The molecule has 0 saturated heterocycles. The van der Waals surface area contributed by atoms with Crippen molar-refractivity contribution in [3.8, 4) is 0 Å². The van der Waals surface area contributed by atoms with Gasteiger partial charge in [-0.1, -0.05) is 11.2 Å². The lowest BCUT2D eigenvalue weighted by molar-refractivity contribution is 0.250. The van der Waals surface area contributed by atoms with Crippen LogP contribution in [0.4, 0.5) is 4.39 Å². The van der Waals surface area contributed by atoms with Gasteiger partial charge in [0.05, 0.1) is 0 Å². The van der Waals surface area contributed by atoms with Crippen LogP contribution in [0.1, 0.15) is 24.5 Å². The first kappa shape index (κ1) is 14.4. The molecule has 0 fully saturated rings. The van der Waals surface area contributed by atoms with Crippen LogP contribution in [0.25, 0.3) is 0 Å². The van der Waals surface area contributed by atoms with Gasteiger partial charge in [-0.2, -0.15) is 0 Å². The molecule has 0 heterocycles. The topological polar surface area (TPSA) is 61.8 Å². The van der Waals surface area contributed by atoms with E-state index in [1.54, 1.807) is 12.1 Å². The maximum Gasteiger partial charge on any atom is 0.140 e. The average Bonchev–Trinajstić information content (AvgIpc) is 2.33. The fraction of sp³-hybridized carbons (Fsp3) is 0.462. The van der Waals surface area contributed by atoms with Crippen LogP contribution in [0, 0.1) is 12.7 Å². The number of amidine groups is 1. The van der Waals surface area contributed by atoms with Gasteiger partial charge >= 0.3 is 0 Å². The highest BCUT2D eigenvalue weighted by Gasteiger charge is 2.13. The van der Waals surface area contributed by atoms with E-state index in [1.165, 1.54) is 6.07 Å². The van der Waals surface area contributed by atoms with Gasteiger partial charge in [0, 0.05) is 19.0 Å². The highest BCUT2D eigenvalue weighted by molar-refractivity contribution is 5.80. The molecule has 1 atom stereocenters. The largest absolute Gasteiger partial charge is 0.409 e. The molecule has 100 valence electrons. The Bertz CT molecular complexity index is 434. The van der Waals surface area contributed by atoms with Crippen molar-refractivity contribution in [2.45, 2.75) is 32.9 Å². The molecule has 0 aliphatic carbocycles. The van der Waals surface area contributed by atoms with E-state index in [1.807, 2.05) is 25.8 Å². The van der Waals surface area contributed by atoms with Crippen molar-refractivity contribution in [1.82, 2.24) is 4.90 Å². The van der Waals surface area contributed by atoms with E-state index in [0.717, 1.165) is 11.1 Å². The minimum atomic E-state index is -0.229. The number of nitrogens with zero attached hydrogens (tertiary/aromatic N) is 2. The molecule has 1 unspecified atom stereocenters. The van der Waals surface area contributed by atoms with Gasteiger partial charge in [-0.15, -0.1) is 0 Å². The van der Waals surface area contributed by atoms with Crippen molar-refractivity contribution < 1.29 is 9.60 Å². The first-order chi connectivity index (χ1) is 8.43. The maximum atomic E-state index is 13.2. The quantitative estimate of drug-likeness (QED) is 0.365. The molecular weight excluding hydrogens is 233 g/mol. The summed E-state index contributed by atoms with van der Waals surface area (Å²) < 4.78 is 13.2. The second-order valence-electron chi connectivity index (χ2n) is 4.63. The highest BCUT2D eigenvalue weighted by Crippen LogP contribution is 2.14. The summed E-state index contributed by atoms with van der Waals surface area (Å²) in [4.78, 5) is 2.04. The summed E-state index contributed by atoms with van der Waals surface area (Å²) in [5, 5.41) is 11.5. The summed E-state index contributed by atoms with van der Waals surface area (Å²) in [6.07, 6.45) is 0.474. The van der Waals surface area contributed by atoms with Gasteiger partial charge in [-0.25, -0.2) is 4.39 Å². The van der Waals surface area contributed by atoms with Crippen molar-refractivity contribution in [1.29, 1.82) is 0 Å². The molecule has 3 N–H and O–H groups in total. The molecule has 0 aliphatic rings. The van der Waals surface area contributed by atoms with Crippen LogP contribution in [-0.4, -0.2) is 29.0 Å². The molecule has 0 amide bonds. The fourth-order valence-electron chi connectivity index (χ4n) is 1.73. The lowest BCUT2D eigenvalue weighted by Gasteiger charge is -2.25. The van der Waals surface area contributed by atoms with Gasteiger partial charge in [0.2, 0.25) is 0 Å². The van der Waals surface area contributed by atoms with E-state index in [2.05, 4.69) is 5.16 Å². The van der Waals surface area contributed by atoms with Gasteiger partial charge in [0.1, 0.15) is 11.7 Å². The minimum Gasteiger partial charge on any atom is -0.409 e. The zero-order valence-corrected chi connectivity index (χ0v) is 11.0. The van der Waals surface area contributed by atoms with Gasteiger partial charge < -0.3 is 10.9 Å². The smallest absolute Gasteiger partial charge is 0.140 e. The van der Waals surface area contributed by atoms with E-state index in [9.17, 15) is 4.39 Å². The normalized spacial score (nSPS) is 13.9. The highest BCUT2D eigenvalue weighted by atomic mass is 19.1. The summed E-state index contributed by atoms with van der Waals surface area (Å²) >= 11 is 0. The third-order valence-corrected chi connectivity index (χ3v) is 3.12. The minimum absolute atomic E-state index is 0.114. The Balaban J connectivity index is 2.69. The van der Waals surface area contributed by atoms with E-state index in [4.69, 9.17) is 10.9 Å². The molecule has 0 radical (unpaired) electrons. The first-order valence-corrected chi connectivity index (χ1v) is 5.85. The lowest BCUT2D eigenvalue weighted by atomic mass is 10.1. The Hall–Kier alpha value is -1.62. The van der Waals surface area contributed by atoms with Crippen molar-refractivity contribution in [3.05, 3.63) is 35.1 Å². The van der Waals surface area contributed by atoms with Crippen molar-refractivity contribution >= 4 is 5.84 Å². The molecule has 1 aromatic rings. The van der Waals surface area contributed by atoms with E-state index in [-0.39, 0.29) is 17.7 Å². The summed E-state index contributed by atoms with van der Waals surface area (Å²) in [5.41, 5.74) is 7.48. The second kappa shape index (κ2) is 6.35. The molecule has 0 aliphatic heterocycles. The second-order valence-corrected chi connectivity index (χ2v) is 4.63. The Morgan fingerprint density at radius 2 is 2.22 bits per heavy atom. The van der Waals surface area contributed by atoms with E-state index in [0.29, 0.717) is 13.0 Å². The fourth-order valence-corrected chi connectivity index (χ4v) is 1.73. The standard InChI is InChI=1S/C13H20FN3O/c1-9-4-5-12(14)7-11(9)8-17(3)10(2)6-13(15)16-18/h4-5,7,10,18H,6,8H2,1-3H3,(H2,15,16). The van der Waals surface area contributed by atoms with Crippen LogP contribution < -0.4 is 5.73 Å². The van der Waals surface area contributed by atoms with Gasteiger partial charge in [-0.3, -0.25) is 4.90 Å². The SMILES string of the molecule is Cc1ccc(F)cc1CN(C)C(C)C/C(N)=N/O. The van der Waals surface area contributed by atoms with Crippen molar-refractivity contribution in [3.63, 3.8) is 0 Å². The number of hydrogen-bond donors (Lipinski definition) is 2. The Labute approximate surface area is 107 Å². The summed E-state index contributed by atoms with van der Waals surface area (Å²) in [6.45, 7) is 4.56. The van der Waals surface area contributed by atoms with Crippen LogP contribution in [0.5, 0.6) is 0 Å². The third-order valence-electron chi connectivity index (χ3n) is 3.12. The predicted molar refractivity (Wildman–Crippen MR) is 70.1 cm³/mol. The predicted octanol–water partition coefficient (Wildman–Crippen LogP) is 2.09. The number of oxime groups is 1. The summed E-state index contributed by atoms with van der Waals surface area (Å²) in [5.74, 6) is -0.0293. The summed E-state index contributed by atoms with van der Waals surface area (Å²) in [6, 6.07) is 4.89. The molecular formula is C13H20FN3O. The van der Waals surface area contributed by atoms with Gasteiger partial charge in [0.15, 0.2) is 0 Å². The molecule has 1 rings (SSSR count). The Kier molecular flexibility index (Phi) is 5.09. The first-order valence-electron chi connectivity index (χ1n) is 5.85. The monoisotopic (exact) mass is 253 g/mol. The molecule has 0 bridgehead atoms. The number of nitrogens with two attached hydrogens (primary N) is 1. The van der Waals surface area contributed by atoms with E-state index < -0.39 is 0 Å². The molecule has 0 spiro atoms. The Morgan fingerprint density at radius 3 is 2.83 bits per heavy atom. The van der Waals surface area contributed by atoms with Crippen molar-refractivity contribution in [2.75, 3.05) is 7.05 Å².